The van der Waals surface area contributed by atoms with Gasteiger partial charge in [0.1, 0.15) is 5.78 Å². The van der Waals surface area contributed by atoms with Crippen LogP contribution in [0.25, 0.3) is 0 Å². The van der Waals surface area contributed by atoms with Crippen LogP contribution in [-0.2, 0) is 4.79 Å². The zero-order valence-electron chi connectivity index (χ0n) is 9.38. The lowest BCUT2D eigenvalue weighted by atomic mass is 9.93. The molecule has 1 aliphatic rings. The molecular weight excluding hydrogens is 174 g/mol. The fourth-order valence-corrected chi connectivity index (χ4v) is 1.96. The van der Waals surface area contributed by atoms with Crippen LogP contribution in [0.1, 0.15) is 39.0 Å². The van der Waals surface area contributed by atoms with Gasteiger partial charge >= 0.3 is 0 Å². The van der Waals surface area contributed by atoms with E-state index in [-0.39, 0.29) is 0 Å². The van der Waals surface area contributed by atoms with E-state index in [2.05, 4.69) is 25.5 Å². The van der Waals surface area contributed by atoms with Crippen molar-refractivity contribution in [3.05, 3.63) is 12.2 Å². The van der Waals surface area contributed by atoms with Crippen molar-refractivity contribution in [2.24, 2.45) is 0 Å². The lowest BCUT2D eigenvalue weighted by Gasteiger charge is -2.31. The lowest BCUT2D eigenvalue weighted by Crippen LogP contribution is -2.36. The van der Waals surface area contributed by atoms with E-state index < -0.39 is 0 Å². The molecule has 0 spiro atoms. The van der Waals surface area contributed by atoms with Gasteiger partial charge in [-0.25, -0.2) is 0 Å². The minimum atomic E-state index is 0.434. The minimum Gasteiger partial charge on any atom is -0.300 e. The normalized spacial score (nSPS) is 18.9. The summed E-state index contributed by atoms with van der Waals surface area (Å²) in [6.07, 6.45) is 4.66. The van der Waals surface area contributed by atoms with E-state index in [0.29, 0.717) is 11.8 Å². The SMILES string of the molecule is C=C(CC)CN(C)C1CCC(=O)CC1. The van der Waals surface area contributed by atoms with Gasteiger partial charge in [-0.2, -0.15) is 0 Å². The fourth-order valence-electron chi connectivity index (χ4n) is 1.96. The molecule has 14 heavy (non-hydrogen) atoms. The maximum absolute atomic E-state index is 11.1. The van der Waals surface area contributed by atoms with E-state index >= 15 is 0 Å². The highest BCUT2D eigenvalue weighted by Gasteiger charge is 2.21. The third-order valence-corrected chi connectivity index (χ3v) is 3.11. The molecule has 1 aliphatic carbocycles. The zero-order valence-corrected chi connectivity index (χ0v) is 9.38. The third kappa shape index (κ3) is 3.26. The van der Waals surface area contributed by atoms with Crippen LogP contribution in [0.15, 0.2) is 12.2 Å². The molecule has 2 nitrogen and oxygen atoms in total. The first-order valence-corrected chi connectivity index (χ1v) is 5.52. The van der Waals surface area contributed by atoms with Crippen LogP contribution < -0.4 is 0 Å². The van der Waals surface area contributed by atoms with Crippen molar-refractivity contribution < 1.29 is 4.79 Å². The van der Waals surface area contributed by atoms with Gasteiger partial charge < -0.3 is 0 Å². The second-order valence-corrected chi connectivity index (χ2v) is 4.29. The van der Waals surface area contributed by atoms with E-state index in [1.54, 1.807) is 0 Å². The molecule has 0 N–H and O–H groups in total. The quantitative estimate of drug-likeness (QED) is 0.642. The van der Waals surface area contributed by atoms with Gasteiger partial charge in [0, 0.05) is 25.4 Å². The van der Waals surface area contributed by atoms with Crippen LogP contribution in [0.3, 0.4) is 0 Å². The number of Topliss-reactive ketones (excluding diaryl/α,β-unsaturated/α-hetero) is 1. The molecule has 2 heteroatoms. The first-order valence-electron chi connectivity index (χ1n) is 5.52. The van der Waals surface area contributed by atoms with Gasteiger partial charge in [0.15, 0.2) is 0 Å². The number of likely N-dealkylation sites (N-methyl/N-ethyl adjacent to an activating group) is 1. The molecule has 1 fully saturated rings. The Labute approximate surface area is 87.0 Å². The summed E-state index contributed by atoms with van der Waals surface area (Å²) in [5.74, 6) is 0.434. The predicted molar refractivity (Wildman–Crippen MR) is 59.3 cm³/mol. The molecule has 0 unspecified atom stereocenters. The Bertz CT molecular complexity index is 212. The van der Waals surface area contributed by atoms with Crippen molar-refractivity contribution in [2.75, 3.05) is 13.6 Å². The van der Waals surface area contributed by atoms with Crippen molar-refractivity contribution in [3.8, 4) is 0 Å². The van der Waals surface area contributed by atoms with Crippen molar-refractivity contribution in [1.82, 2.24) is 4.90 Å². The Morgan fingerprint density at radius 3 is 2.57 bits per heavy atom. The zero-order chi connectivity index (χ0) is 10.6. The van der Waals surface area contributed by atoms with Crippen LogP contribution >= 0.6 is 0 Å². The summed E-state index contributed by atoms with van der Waals surface area (Å²) in [7, 11) is 2.14. The van der Waals surface area contributed by atoms with Crippen LogP contribution in [0.2, 0.25) is 0 Å². The average molecular weight is 195 g/mol. The highest BCUT2D eigenvalue weighted by molar-refractivity contribution is 5.79. The first kappa shape index (κ1) is 11.4. The smallest absolute Gasteiger partial charge is 0.133 e. The number of nitrogens with zero attached hydrogens (tertiary/aromatic N) is 1. The molecule has 0 aliphatic heterocycles. The van der Waals surface area contributed by atoms with Gasteiger partial charge in [-0.1, -0.05) is 19.1 Å². The van der Waals surface area contributed by atoms with Gasteiger partial charge in [0.05, 0.1) is 0 Å². The van der Waals surface area contributed by atoms with E-state index in [4.69, 9.17) is 0 Å². The molecule has 80 valence electrons. The van der Waals surface area contributed by atoms with Gasteiger partial charge in [-0.05, 0) is 26.3 Å². The second-order valence-electron chi connectivity index (χ2n) is 4.29. The summed E-state index contributed by atoms with van der Waals surface area (Å²) >= 11 is 0. The first-order chi connectivity index (χ1) is 6.63. The minimum absolute atomic E-state index is 0.434. The van der Waals surface area contributed by atoms with Crippen LogP contribution in [-0.4, -0.2) is 30.3 Å². The summed E-state index contributed by atoms with van der Waals surface area (Å²) in [5, 5.41) is 0. The van der Waals surface area contributed by atoms with E-state index in [0.717, 1.165) is 38.6 Å². The molecule has 0 aromatic rings. The standard InChI is InChI=1S/C12H21NO/c1-4-10(2)9-13(3)11-5-7-12(14)8-6-11/h11H,2,4-9H2,1,3H3. The molecule has 1 rings (SSSR count). The average Bonchev–Trinajstić information content (AvgIpc) is 2.18. The number of carbonyl (C=O) groups is 1. The van der Waals surface area contributed by atoms with Gasteiger partial charge in [-0.3, -0.25) is 9.69 Å². The maximum atomic E-state index is 11.1. The Morgan fingerprint density at radius 1 is 1.50 bits per heavy atom. The summed E-state index contributed by atoms with van der Waals surface area (Å²) in [6.45, 7) is 7.14. The maximum Gasteiger partial charge on any atom is 0.133 e. The van der Waals surface area contributed by atoms with Gasteiger partial charge in [0.25, 0.3) is 0 Å². The van der Waals surface area contributed by atoms with Gasteiger partial charge in [0.2, 0.25) is 0 Å². The number of rotatable bonds is 4. The van der Waals surface area contributed by atoms with Crippen LogP contribution in [0.5, 0.6) is 0 Å². The highest BCUT2D eigenvalue weighted by atomic mass is 16.1. The predicted octanol–water partition coefficient (Wildman–Crippen LogP) is 2.40. The van der Waals surface area contributed by atoms with E-state index in [1.165, 1.54) is 5.57 Å². The largest absolute Gasteiger partial charge is 0.300 e. The number of carbonyl (C=O) groups excluding carboxylic acids is 1. The molecule has 0 aromatic carbocycles. The monoisotopic (exact) mass is 195 g/mol. The number of ketones is 1. The van der Waals surface area contributed by atoms with E-state index in [1.807, 2.05) is 0 Å². The molecule has 0 heterocycles. The molecule has 0 saturated heterocycles. The van der Waals surface area contributed by atoms with E-state index in [9.17, 15) is 4.79 Å². The summed E-state index contributed by atoms with van der Waals surface area (Å²) < 4.78 is 0. The van der Waals surface area contributed by atoms with Crippen molar-refractivity contribution >= 4 is 5.78 Å². The third-order valence-electron chi connectivity index (χ3n) is 3.11. The highest BCUT2D eigenvalue weighted by Crippen LogP contribution is 2.20. The Hall–Kier alpha value is -0.630. The Kier molecular flexibility index (Phi) is 4.33. The molecule has 0 amide bonds. The lowest BCUT2D eigenvalue weighted by molar-refractivity contribution is -0.121. The summed E-state index contributed by atoms with van der Waals surface area (Å²) in [6, 6.07) is 0.594. The molecule has 0 aromatic heterocycles. The molecule has 0 bridgehead atoms. The number of hydrogen-bond donors (Lipinski definition) is 0. The number of hydrogen-bond acceptors (Lipinski definition) is 2. The topological polar surface area (TPSA) is 20.3 Å². The van der Waals surface area contributed by atoms with Gasteiger partial charge in [-0.15, -0.1) is 0 Å². The molecular formula is C12H21NO. The van der Waals surface area contributed by atoms with Crippen LogP contribution in [0, 0.1) is 0 Å². The molecule has 1 saturated carbocycles. The van der Waals surface area contributed by atoms with Crippen LogP contribution in [0.4, 0.5) is 0 Å². The molecule has 0 radical (unpaired) electrons. The van der Waals surface area contributed by atoms with Crippen molar-refractivity contribution in [2.45, 2.75) is 45.1 Å². The van der Waals surface area contributed by atoms with Crippen molar-refractivity contribution in [1.29, 1.82) is 0 Å². The summed E-state index contributed by atoms with van der Waals surface area (Å²) in [4.78, 5) is 13.4. The van der Waals surface area contributed by atoms with Crippen molar-refractivity contribution in [3.63, 3.8) is 0 Å². The summed E-state index contributed by atoms with van der Waals surface area (Å²) in [5.41, 5.74) is 1.28. The molecule has 0 atom stereocenters. The Balaban J connectivity index is 2.33. The Morgan fingerprint density at radius 2 is 2.07 bits per heavy atom. The fraction of sp³-hybridized carbons (Fsp3) is 0.750. The second kappa shape index (κ2) is 5.30.